The fourth-order valence-electron chi connectivity index (χ4n) is 1.43. The van der Waals surface area contributed by atoms with Crippen LogP contribution in [-0.2, 0) is 6.18 Å². The molecule has 0 fully saturated rings. The third-order valence-electron chi connectivity index (χ3n) is 2.11. The third-order valence-corrected chi connectivity index (χ3v) is 3.89. The van der Waals surface area contributed by atoms with Gasteiger partial charge in [-0.15, -0.1) is 0 Å². The number of H-pyrrole nitrogens is 1. The quantitative estimate of drug-likeness (QED) is 0.646. The van der Waals surface area contributed by atoms with Gasteiger partial charge >= 0.3 is 6.18 Å². The molecule has 0 atom stereocenters. The maximum absolute atomic E-state index is 12.6. The molecular weight excluding hydrogens is 237 g/mol. The highest BCUT2D eigenvalue weighted by Gasteiger charge is 2.40. The first-order valence-electron chi connectivity index (χ1n) is 4.72. The smallest absolute Gasteiger partial charge is 0.294 e. The molecule has 1 aromatic heterocycles. The molecule has 0 amide bonds. The third kappa shape index (κ3) is 2.34. The van der Waals surface area contributed by atoms with Crippen LogP contribution in [0.25, 0.3) is 0 Å². The van der Waals surface area contributed by atoms with Crippen LogP contribution in [-0.4, -0.2) is 24.1 Å². The van der Waals surface area contributed by atoms with Gasteiger partial charge in [0.25, 0.3) is 0 Å². The molecule has 0 saturated carbocycles. The summed E-state index contributed by atoms with van der Waals surface area (Å²) in [5, 5.41) is 5.90. The van der Waals surface area contributed by atoms with Gasteiger partial charge in [0.2, 0.25) is 0 Å². The lowest BCUT2D eigenvalue weighted by Crippen LogP contribution is -2.42. The van der Waals surface area contributed by atoms with E-state index in [1.165, 1.54) is 0 Å². The molecular formula is C9H13F3N2OSi. The van der Waals surface area contributed by atoms with Crippen LogP contribution >= 0.6 is 0 Å². The fraction of sp³-hybridized carbons (Fsp3) is 0.556. The van der Waals surface area contributed by atoms with Crippen molar-refractivity contribution in [1.82, 2.24) is 10.2 Å². The van der Waals surface area contributed by atoms with E-state index in [2.05, 4.69) is 5.10 Å². The fourth-order valence-corrected chi connectivity index (χ4v) is 2.87. The van der Waals surface area contributed by atoms with Gasteiger partial charge in [-0.25, -0.2) is 0 Å². The van der Waals surface area contributed by atoms with E-state index in [1.54, 1.807) is 0 Å². The van der Waals surface area contributed by atoms with Crippen LogP contribution in [0, 0.1) is 0 Å². The molecule has 7 heteroatoms. The predicted molar refractivity (Wildman–Crippen MR) is 56.6 cm³/mol. The Labute approximate surface area is 92.1 Å². The number of hydrogen-bond acceptors (Lipinski definition) is 2. The Hall–Kier alpha value is -1.11. The normalized spacial score (nSPS) is 12.9. The minimum absolute atomic E-state index is 0.285. The summed E-state index contributed by atoms with van der Waals surface area (Å²) in [6, 6.07) is 0. The first-order valence-corrected chi connectivity index (χ1v) is 8.22. The number of rotatable bonds is 2. The van der Waals surface area contributed by atoms with Gasteiger partial charge in [-0.3, -0.25) is 9.89 Å². The van der Waals surface area contributed by atoms with Gasteiger partial charge in [-0.2, -0.15) is 18.3 Å². The van der Waals surface area contributed by atoms with Crippen molar-refractivity contribution in [3.05, 3.63) is 11.3 Å². The van der Waals surface area contributed by atoms with Crippen LogP contribution in [0.15, 0.2) is 0 Å². The molecule has 0 radical (unpaired) electrons. The van der Waals surface area contributed by atoms with E-state index in [9.17, 15) is 18.0 Å². The number of aromatic amines is 1. The highest BCUT2D eigenvalue weighted by atomic mass is 28.3. The largest absolute Gasteiger partial charge is 0.433 e. The average Bonchev–Trinajstić information content (AvgIpc) is 2.43. The molecule has 0 aromatic carbocycles. The van der Waals surface area contributed by atoms with Crippen molar-refractivity contribution in [2.24, 2.45) is 0 Å². The summed E-state index contributed by atoms with van der Waals surface area (Å²) in [6.07, 6.45) is -4.56. The summed E-state index contributed by atoms with van der Waals surface area (Å²) in [4.78, 5) is 11.3. The topological polar surface area (TPSA) is 45.8 Å². The van der Waals surface area contributed by atoms with Crippen molar-refractivity contribution in [3.63, 3.8) is 0 Å². The lowest BCUT2D eigenvalue weighted by Gasteiger charge is -2.14. The van der Waals surface area contributed by atoms with Crippen LogP contribution in [0.3, 0.4) is 0 Å². The van der Waals surface area contributed by atoms with Gasteiger partial charge in [0, 0.05) is 0 Å². The minimum Gasteiger partial charge on any atom is -0.294 e. The molecule has 0 bridgehead atoms. The average molecular weight is 250 g/mol. The highest BCUT2D eigenvalue weighted by molar-refractivity contribution is 6.88. The van der Waals surface area contributed by atoms with Crippen molar-refractivity contribution in [2.45, 2.75) is 32.7 Å². The molecule has 1 heterocycles. The van der Waals surface area contributed by atoms with Crippen molar-refractivity contribution >= 4 is 19.2 Å². The zero-order valence-electron chi connectivity index (χ0n) is 9.49. The number of carbonyl (C=O) groups excluding carboxylic acids is 1. The zero-order chi connectivity index (χ0) is 12.7. The lowest BCUT2D eigenvalue weighted by molar-refractivity contribution is -0.141. The van der Waals surface area contributed by atoms with Crippen molar-refractivity contribution in [3.8, 4) is 0 Å². The second kappa shape index (κ2) is 3.72. The molecule has 3 nitrogen and oxygen atoms in total. The Bertz CT molecular complexity index is 386. The van der Waals surface area contributed by atoms with Gasteiger partial charge in [0.05, 0.1) is 10.9 Å². The van der Waals surface area contributed by atoms with Crippen LogP contribution in [0.1, 0.15) is 23.0 Å². The number of nitrogens with one attached hydrogen (secondary N) is 1. The molecule has 0 saturated heterocycles. The number of halogens is 3. The predicted octanol–water partition coefficient (Wildman–Crippen LogP) is 2.18. The zero-order valence-corrected chi connectivity index (χ0v) is 10.5. The summed E-state index contributed by atoms with van der Waals surface area (Å²) < 4.78 is 37.8. The molecule has 0 spiro atoms. The van der Waals surface area contributed by atoms with Crippen LogP contribution in [0.4, 0.5) is 13.2 Å². The molecule has 1 N–H and O–H groups in total. The van der Waals surface area contributed by atoms with Gasteiger partial charge < -0.3 is 0 Å². The molecule has 0 aliphatic carbocycles. The van der Waals surface area contributed by atoms with Crippen molar-refractivity contribution in [1.29, 1.82) is 0 Å². The number of carbonyl (C=O) groups is 1. The summed E-state index contributed by atoms with van der Waals surface area (Å²) >= 11 is 0. The van der Waals surface area contributed by atoms with Crippen LogP contribution in [0.2, 0.25) is 19.6 Å². The van der Waals surface area contributed by atoms with Crippen molar-refractivity contribution in [2.75, 3.05) is 0 Å². The molecule has 1 rings (SSSR count). The maximum Gasteiger partial charge on any atom is 0.433 e. The van der Waals surface area contributed by atoms with Gasteiger partial charge in [0.15, 0.2) is 5.78 Å². The summed E-state index contributed by atoms with van der Waals surface area (Å²) in [6.45, 7) is 6.66. The van der Waals surface area contributed by atoms with Gasteiger partial charge in [-0.1, -0.05) is 19.6 Å². The van der Waals surface area contributed by atoms with E-state index in [-0.39, 0.29) is 10.9 Å². The summed E-state index contributed by atoms with van der Waals surface area (Å²) in [5.41, 5.74) is -1.33. The first-order chi connectivity index (χ1) is 7.05. The molecule has 0 aliphatic heterocycles. The lowest BCUT2D eigenvalue weighted by atomic mass is 10.2. The van der Waals surface area contributed by atoms with E-state index in [4.69, 9.17) is 0 Å². The second-order valence-electron chi connectivity index (χ2n) is 4.63. The number of alkyl halides is 3. The molecule has 1 aromatic rings. The SMILES string of the molecule is CC(=O)c1c([Si](C)(C)C)n[nH]c1C(F)(F)F. The number of Topliss-reactive ketones (excluding diaryl/α,β-unsaturated/α-hetero) is 1. The second-order valence-corrected chi connectivity index (χ2v) is 9.60. The first kappa shape index (κ1) is 13.0. The monoisotopic (exact) mass is 250 g/mol. The number of ketones is 1. The number of nitrogens with zero attached hydrogens (tertiary/aromatic N) is 1. The van der Waals surface area contributed by atoms with Crippen LogP contribution < -0.4 is 5.32 Å². The highest BCUT2D eigenvalue weighted by Crippen LogP contribution is 2.30. The van der Waals surface area contributed by atoms with E-state index >= 15 is 0 Å². The Morgan fingerprint density at radius 1 is 1.31 bits per heavy atom. The molecule has 0 aliphatic rings. The minimum atomic E-state index is -4.56. The van der Waals surface area contributed by atoms with E-state index < -0.39 is 25.7 Å². The van der Waals surface area contributed by atoms with Gasteiger partial charge in [0.1, 0.15) is 13.8 Å². The van der Waals surface area contributed by atoms with Crippen LogP contribution in [0.5, 0.6) is 0 Å². The van der Waals surface area contributed by atoms with E-state index in [0.717, 1.165) is 6.92 Å². The molecule has 0 unspecified atom stereocenters. The Balaban J connectivity index is 3.47. The Morgan fingerprint density at radius 3 is 2.12 bits per heavy atom. The molecule has 16 heavy (non-hydrogen) atoms. The number of aromatic nitrogens is 2. The summed E-state index contributed by atoms with van der Waals surface area (Å²) in [5.74, 6) is -0.599. The Kier molecular flexibility index (Phi) is 3.01. The standard InChI is InChI=1S/C9H13F3N2OSi/c1-5(15)6-7(9(10,11)12)13-14-8(6)16(2,3)4/h1-4H3,(H,13,14). The summed E-state index contributed by atoms with van der Waals surface area (Å²) in [7, 11) is -2.06. The van der Waals surface area contributed by atoms with E-state index in [0.29, 0.717) is 0 Å². The Morgan fingerprint density at radius 2 is 1.81 bits per heavy atom. The molecule has 90 valence electrons. The van der Waals surface area contributed by atoms with Crippen molar-refractivity contribution < 1.29 is 18.0 Å². The van der Waals surface area contributed by atoms with E-state index in [1.807, 2.05) is 24.7 Å². The number of hydrogen-bond donors (Lipinski definition) is 1. The maximum atomic E-state index is 12.6. The van der Waals surface area contributed by atoms with Gasteiger partial charge in [-0.05, 0) is 6.92 Å².